The van der Waals surface area contributed by atoms with Gasteiger partial charge in [0.1, 0.15) is 12.1 Å². The van der Waals surface area contributed by atoms with Gasteiger partial charge in [-0.1, -0.05) is 23.8 Å². The smallest absolute Gasteiger partial charge is 0.323 e. The van der Waals surface area contributed by atoms with Crippen LogP contribution in [0.15, 0.2) is 47.6 Å². The summed E-state index contributed by atoms with van der Waals surface area (Å²) in [5.74, 6) is -2.57. The number of fused-ring (bicyclic) bond motifs is 1. The largest absolute Gasteiger partial charge is 0.480 e. The van der Waals surface area contributed by atoms with Gasteiger partial charge in [0.15, 0.2) is 11.7 Å². The maximum absolute atomic E-state index is 13.9. The number of aryl methyl sites for hydroxylation is 3. The van der Waals surface area contributed by atoms with E-state index in [2.05, 4.69) is 36.0 Å². The lowest BCUT2D eigenvalue weighted by atomic mass is 9.92. The molecule has 0 fully saturated rings. The molecule has 0 saturated carbocycles. The van der Waals surface area contributed by atoms with Crippen LogP contribution < -0.4 is 36.6 Å². The SMILES string of the molecule is Cc1cc(C)c(S(=O)(=O)NC(CNC(=O)C2CC(=O)c3ccc(CNc4ncc[nH]4)cc3N2CCCNC(=O)CCC(=O)NCCCOCCOCCOCCCN)C(=O)O)c(C)c1. The molecular weight excluding hydrogens is 851 g/mol. The fraction of sp³-hybridized carbons (Fsp3) is 0.535. The van der Waals surface area contributed by atoms with Gasteiger partial charge >= 0.3 is 5.97 Å². The van der Waals surface area contributed by atoms with Gasteiger partial charge in [0.2, 0.25) is 27.7 Å². The number of hydrogen-bond acceptors (Lipinski definition) is 14. The van der Waals surface area contributed by atoms with E-state index in [1.54, 1.807) is 61.5 Å². The topological polar surface area (TPSA) is 286 Å². The molecule has 0 bridgehead atoms. The van der Waals surface area contributed by atoms with E-state index in [-0.39, 0.29) is 54.8 Å². The summed E-state index contributed by atoms with van der Waals surface area (Å²) in [6, 6.07) is 5.81. The van der Waals surface area contributed by atoms with E-state index < -0.39 is 40.5 Å². The number of carbonyl (C=O) groups is 5. The summed E-state index contributed by atoms with van der Waals surface area (Å²) < 4.78 is 45.4. The molecule has 2 aromatic carbocycles. The second-order valence-corrected chi connectivity index (χ2v) is 17.0. The maximum Gasteiger partial charge on any atom is 0.323 e. The number of benzene rings is 2. The number of aliphatic carboxylic acids is 1. The first kappa shape index (κ1) is 51.2. The van der Waals surface area contributed by atoms with Gasteiger partial charge in [-0.2, -0.15) is 4.72 Å². The van der Waals surface area contributed by atoms with Crippen molar-refractivity contribution in [2.24, 2.45) is 5.73 Å². The summed E-state index contributed by atoms with van der Waals surface area (Å²) in [5, 5.41) is 21.3. The highest BCUT2D eigenvalue weighted by atomic mass is 32.2. The molecule has 2 heterocycles. The van der Waals surface area contributed by atoms with Crippen molar-refractivity contribution in [3.63, 3.8) is 0 Å². The number of rotatable bonds is 30. The number of Topliss-reactive ketones (excluding diaryl/α,β-unsaturated/α-hetero) is 1. The van der Waals surface area contributed by atoms with E-state index in [1.165, 1.54) is 0 Å². The van der Waals surface area contributed by atoms with Gasteiger partial charge in [0.05, 0.1) is 31.3 Å². The molecule has 64 heavy (non-hydrogen) atoms. The normalized spacial score (nSPS) is 14.2. The molecule has 4 rings (SSSR count). The van der Waals surface area contributed by atoms with E-state index in [0.717, 1.165) is 17.5 Å². The molecule has 9 N–H and O–H groups in total. The number of amides is 3. The molecule has 1 aliphatic rings. The van der Waals surface area contributed by atoms with Gasteiger partial charge in [-0.05, 0) is 75.4 Å². The van der Waals surface area contributed by atoms with E-state index in [4.69, 9.17) is 19.9 Å². The van der Waals surface area contributed by atoms with Crippen molar-refractivity contribution >= 4 is 51.1 Å². The van der Waals surface area contributed by atoms with Crippen molar-refractivity contribution in [3.05, 3.63) is 70.5 Å². The Morgan fingerprint density at radius 2 is 1.52 bits per heavy atom. The van der Waals surface area contributed by atoms with E-state index in [9.17, 15) is 37.5 Å². The van der Waals surface area contributed by atoms with E-state index >= 15 is 0 Å². The second-order valence-electron chi connectivity index (χ2n) is 15.4. The number of ketones is 1. The third kappa shape index (κ3) is 16.6. The van der Waals surface area contributed by atoms with Gasteiger partial charge in [0.25, 0.3) is 0 Å². The molecule has 352 valence electrons. The van der Waals surface area contributed by atoms with Crippen LogP contribution in [0.4, 0.5) is 11.6 Å². The van der Waals surface area contributed by atoms with Crippen molar-refractivity contribution in [2.75, 3.05) is 82.6 Å². The fourth-order valence-corrected chi connectivity index (χ4v) is 8.77. The van der Waals surface area contributed by atoms with Crippen LogP contribution >= 0.6 is 0 Å². The zero-order chi connectivity index (χ0) is 46.5. The summed E-state index contributed by atoms with van der Waals surface area (Å²) in [7, 11) is -4.31. The first-order valence-electron chi connectivity index (χ1n) is 21.4. The number of aromatic nitrogens is 2. The molecule has 0 spiro atoms. The first-order valence-corrected chi connectivity index (χ1v) is 22.9. The molecule has 0 aliphatic carbocycles. The summed E-state index contributed by atoms with van der Waals surface area (Å²) in [4.78, 5) is 73.6. The minimum atomic E-state index is -4.31. The highest BCUT2D eigenvalue weighted by molar-refractivity contribution is 7.89. The Balaban J connectivity index is 1.30. The third-order valence-corrected chi connectivity index (χ3v) is 11.9. The average Bonchev–Trinajstić information content (AvgIpc) is 3.77. The Kier molecular flexibility index (Phi) is 21.1. The number of hydrogen-bond donors (Lipinski definition) is 8. The Labute approximate surface area is 374 Å². The number of nitrogens with one attached hydrogen (secondary N) is 6. The number of nitrogens with zero attached hydrogens (tertiary/aromatic N) is 2. The average molecular weight is 914 g/mol. The monoisotopic (exact) mass is 913 g/mol. The van der Waals surface area contributed by atoms with Crippen molar-refractivity contribution in [2.45, 2.75) is 82.8 Å². The predicted molar refractivity (Wildman–Crippen MR) is 238 cm³/mol. The van der Waals surface area contributed by atoms with Gasteiger partial charge in [-0.3, -0.25) is 24.0 Å². The number of carboxylic acids is 1. The van der Waals surface area contributed by atoms with Crippen LogP contribution in [0.1, 0.15) is 71.1 Å². The van der Waals surface area contributed by atoms with E-state index in [1.807, 2.05) is 6.92 Å². The highest BCUT2D eigenvalue weighted by Gasteiger charge is 2.37. The van der Waals surface area contributed by atoms with Crippen LogP contribution in [0.5, 0.6) is 0 Å². The lowest BCUT2D eigenvalue weighted by Crippen LogP contribution is -2.55. The summed E-state index contributed by atoms with van der Waals surface area (Å²) in [6.45, 7) is 9.06. The number of H-pyrrole nitrogens is 1. The Bertz CT molecular complexity index is 2100. The predicted octanol–water partition coefficient (Wildman–Crippen LogP) is 1.45. The van der Waals surface area contributed by atoms with Crippen LogP contribution in [0, 0.1) is 20.8 Å². The molecule has 1 aliphatic heterocycles. The molecule has 1 aromatic heterocycles. The number of anilines is 2. The molecule has 2 atom stereocenters. The third-order valence-electron chi connectivity index (χ3n) is 10.1. The first-order chi connectivity index (χ1) is 30.7. The van der Waals surface area contributed by atoms with Gasteiger partial charge in [-0.25, -0.2) is 13.4 Å². The standard InChI is InChI=1S/C43H63N9O11S/c1-29-23-30(2)40(31(3)24-29)64(59,60)51-34(42(57)58)28-49-41(56)36-26-37(53)33-8-7-32(27-50-43-47-14-15-48-43)25-35(33)52(36)16-5-12-45-38(54)9-10-39(55)46-13-6-18-62-20-22-63-21-19-61-17-4-11-44/h7-8,14-15,23-25,34,36,51H,4-6,9-13,16-22,26-28,44H2,1-3H3,(H,45,54)(H,46,55)(H,49,56)(H,57,58)(H2,47,48,50). The molecule has 3 amide bonds. The summed E-state index contributed by atoms with van der Waals surface area (Å²) in [5.41, 5.74) is 8.78. The Morgan fingerprint density at radius 1 is 0.891 bits per heavy atom. The second kappa shape index (κ2) is 26.4. The van der Waals surface area contributed by atoms with Crippen LogP contribution in [0.3, 0.4) is 0 Å². The van der Waals surface area contributed by atoms with Crippen LogP contribution in [-0.2, 0) is 50.0 Å². The van der Waals surface area contributed by atoms with Gasteiger partial charge in [-0.15, -0.1) is 0 Å². The number of carbonyl (C=O) groups excluding carboxylic acids is 4. The number of ether oxygens (including phenoxy) is 3. The zero-order valence-electron chi connectivity index (χ0n) is 36.8. The molecule has 20 nitrogen and oxygen atoms in total. The van der Waals surface area contributed by atoms with E-state index in [0.29, 0.717) is 100 Å². The minimum absolute atomic E-state index is 0.00964. The Morgan fingerprint density at radius 3 is 2.12 bits per heavy atom. The summed E-state index contributed by atoms with van der Waals surface area (Å²) >= 11 is 0. The van der Waals surface area contributed by atoms with Crippen molar-refractivity contribution in [1.29, 1.82) is 0 Å². The Hall–Kier alpha value is -5.45. The highest BCUT2D eigenvalue weighted by Crippen LogP contribution is 2.32. The van der Waals surface area contributed by atoms with Gasteiger partial charge in [0, 0.05) is 88.8 Å². The number of sulfonamides is 1. The number of aromatic amines is 1. The van der Waals surface area contributed by atoms with Crippen molar-refractivity contribution in [3.8, 4) is 0 Å². The maximum atomic E-state index is 13.9. The molecule has 0 saturated heterocycles. The number of nitrogens with two attached hydrogens (primary N) is 1. The molecule has 0 radical (unpaired) electrons. The fourth-order valence-electron chi connectivity index (χ4n) is 7.13. The lowest BCUT2D eigenvalue weighted by molar-refractivity contribution is -0.139. The minimum Gasteiger partial charge on any atom is -0.480 e. The van der Waals surface area contributed by atoms with Crippen molar-refractivity contribution in [1.82, 2.24) is 30.6 Å². The van der Waals surface area contributed by atoms with Gasteiger partial charge < -0.3 is 56.2 Å². The number of imidazole rings is 1. The van der Waals surface area contributed by atoms with Crippen LogP contribution in [-0.4, -0.2) is 137 Å². The van der Waals surface area contributed by atoms with Crippen molar-refractivity contribution < 1.29 is 51.7 Å². The molecule has 3 aromatic rings. The number of carboxylic acid groups (broad SMARTS) is 1. The summed E-state index contributed by atoms with van der Waals surface area (Å²) in [6.07, 6.45) is 4.73. The molecular formula is C43H63N9O11S. The molecule has 21 heteroatoms. The van der Waals surface area contributed by atoms with Crippen LogP contribution in [0.25, 0.3) is 0 Å². The molecule has 2 unspecified atom stereocenters. The van der Waals surface area contributed by atoms with Crippen LogP contribution in [0.2, 0.25) is 0 Å². The quantitative estimate of drug-likeness (QED) is 0.0440. The lowest BCUT2D eigenvalue weighted by Gasteiger charge is -2.38. The zero-order valence-corrected chi connectivity index (χ0v) is 37.7.